The summed E-state index contributed by atoms with van der Waals surface area (Å²) in [5.74, 6) is -1.32. The van der Waals surface area contributed by atoms with Crippen LogP contribution in [0.25, 0.3) is 6.08 Å². The first kappa shape index (κ1) is 15.9. The van der Waals surface area contributed by atoms with Crippen molar-refractivity contribution in [1.29, 1.82) is 0 Å². The normalized spacial score (nSPS) is 11.0. The molecule has 0 aliphatic carbocycles. The van der Waals surface area contributed by atoms with Crippen LogP contribution >= 0.6 is 11.3 Å². The molecule has 0 radical (unpaired) electrons. The maximum atomic E-state index is 12.0. The van der Waals surface area contributed by atoms with Crippen molar-refractivity contribution >= 4 is 34.4 Å². The Morgan fingerprint density at radius 3 is 3.05 bits per heavy atom. The minimum atomic E-state index is -1.04. The van der Waals surface area contributed by atoms with Crippen molar-refractivity contribution in [2.75, 3.05) is 12.4 Å². The van der Waals surface area contributed by atoms with Gasteiger partial charge in [-0.05, 0) is 18.2 Å². The summed E-state index contributed by atoms with van der Waals surface area (Å²) in [6.45, 7) is 0.390. The third kappa shape index (κ3) is 4.50. The van der Waals surface area contributed by atoms with Gasteiger partial charge in [-0.15, -0.1) is 10.2 Å². The van der Waals surface area contributed by atoms with E-state index in [-0.39, 0.29) is 12.5 Å². The Hall–Kier alpha value is -2.52. The molecule has 1 amide bonds. The summed E-state index contributed by atoms with van der Waals surface area (Å²) in [6, 6.07) is 3.45. The molecule has 0 unspecified atom stereocenters. The highest BCUT2D eigenvalue weighted by atomic mass is 32.1. The molecule has 0 bridgehead atoms. The zero-order valence-electron chi connectivity index (χ0n) is 11.7. The number of aromatic nitrogens is 3. The van der Waals surface area contributed by atoms with Gasteiger partial charge in [0.2, 0.25) is 11.0 Å². The van der Waals surface area contributed by atoms with Crippen molar-refractivity contribution in [3.63, 3.8) is 0 Å². The van der Waals surface area contributed by atoms with Crippen molar-refractivity contribution in [1.82, 2.24) is 14.8 Å². The molecule has 0 spiro atoms. The fourth-order valence-corrected chi connectivity index (χ4v) is 2.41. The van der Waals surface area contributed by atoms with Gasteiger partial charge in [-0.2, -0.15) is 0 Å². The Kier molecular flexibility index (Phi) is 5.39. The maximum absolute atomic E-state index is 12.0. The Morgan fingerprint density at radius 1 is 1.50 bits per heavy atom. The fraction of sp³-hybridized carbons (Fsp3) is 0.231. The van der Waals surface area contributed by atoms with Gasteiger partial charge in [0.25, 0.3) is 0 Å². The van der Waals surface area contributed by atoms with Crippen LogP contribution in [0.5, 0.6) is 0 Å². The second-order valence-electron chi connectivity index (χ2n) is 4.21. The Morgan fingerprint density at radius 2 is 2.32 bits per heavy atom. The fourth-order valence-electron chi connectivity index (χ4n) is 1.68. The van der Waals surface area contributed by atoms with Gasteiger partial charge in [0, 0.05) is 25.1 Å². The first-order valence-corrected chi connectivity index (χ1v) is 7.07. The third-order valence-electron chi connectivity index (χ3n) is 2.56. The molecule has 0 fully saturated rings. The summed E-state index contributed by atoms with van der Waals surface area (Å²) in [5, 5.41) is 20.0. The summed E-state index contributed by atoms with van der Waals surface area (Å²) in [7, 11) is 1.55. The van der Waals surface area contributed by atoms with Gasteiger partial charge in [-0.3, -0.25) is 10.1 Å². The average molecular weight is 322 g/mol. The SMILES string of the molecule is COCc1nnc(NC(=O)Cn2cccc2/C=C/C(=O)O)s1. The van der Waals surface area contributed by atoms with E-state index in [0.29, 0.717) is 22.4 Å². The van der Waals surface area contributed by atoms with Crippen molar-refractivity contribution in [3.8, 4) is 0 Å². The zero-order valence-corrected chi connectivity index (χ0v) is 12.5. The molecule has 8 nitrogen and oxygen atoms in total. The molecule has 2 rings (SSSR count). The number of carboxylic acid groups (broad SMARTS) is 1. The van der Waals surface area contributed by atoms with Crippen LogP contribution in [0.15, 0.2) is 24.4 Å². The smallest absolute Gasteiger partial charge is 0.328 e. The minimum absolute atomic E-state index is 0.0471. The lowest BCUT2D eigenvalue weighted by molar-refractivity contribution is -0.131. The number of rotatable bonds is 7. The van der Waals surface area contributed by atoms with Crippen LogP contribution in [0, 0.1) is 0 Å². The molecule has 116 valence electrons. The first-order valence-electron chi connectivity index (χ1n) is 6.26. The standard InChI is InChI=1S/C13H14N4O4S/c1-21-8-11-15-16-13(22-11)14-10(18)7-17-6-2-3-9(17)4-5-12(19)20/h2-6H,7-8H2,1H3,(H,19,20)(H,14,16,18)/b5-4+. The number of amides is 1. The molecular weight excluding hydrogens is 308 g/mol. The molecule has 2 N–H and O–H groups in total. The Bertz CT molecular complexity index is 692. The van der Waals surface area contributed by atoms with E-state index in [2.05, 4.69) is 15.5 Å². The van der Waals surface area contributed by atoms with E-state index in [1.54, 1.807) is 30.0 Å². The van der Waals surface area contributed by atoms with Gasteiger partial charge >= 0.3 is 5.97 Å². The van der Waals surface area contributed by atoms with E-state index in [9.17, 15) is 9.59 Å². The van der Waals surface area contributed by atoms with Crippen molar-refractivity contribution in [3.05, 3.63) is 35.1 Å². The van der Waals surface area contributed by atoms with Gasteiger partial charge in [0.15, 0.2) is 0 Å². The van der Waals surface area contributed by atoms with Crippen LogP contribution < -0.4 is 5.32 Å². The number of hydrogen-bond acceptors (Lipinski definition) is 6. The van der Waals surface area contributed by atoms with Crippen molar-refractivity contribution in [2.24, 2.45) is 0 Å². The van der Waals surface area contributed by atoms with Gasteiger partial charge in [-0.1, -0.05) is 11.3 Å². The van der Waals surface area contributed by atoms with Crippen molar-refractivity contribution in [2.45, 2.75) is 13.2 Å². The van der Waals surface area contributed by atoms with E-state index in [0.717, 1.165) is 6.08 Å². The number of aliphatic carboxylic acids is 1. The number of anilines is 1. The number of ether oxygens (including phenoxy) is 1. The molecule has 2 aromatic heterocycles. The highest BCUT2D eigenvalue weighted by Gasteiger charge is 2.09. The molecular formula is C13H14N4O4S. The van der Waals surface area contributed by atoms with Gasteiger partial charge in [0.05, 0.1) is 0 Å². The molecule has 0 atom stereocenters. The topological polar surface area (TPSA) is 106 Å². The molecule has 0 aliphatic heterocycles. The summed E-state index contributed by atoms with van der Waals surface area (Å²) in [4.78, 5) is 22.5. The van der Waals surface area contributed by atoms with Crippen LogP contribution in [0.4, 0.5) is 5.13 Å². The number of carbonyl (C=O) groups excluding carboxylic acids is 1. The van der Waals surface area contributed by atoms with Crippen LogP contribution in [0.3, 0.4) is 0 Å². The summed E-state index contributed by atoms with van der Waals surface area (Å²) in [6.07, 6.45) is 4.14. The summed E-state index contributed by atoms with van der Waals surface area (Å²) in [5.41, 5.74) is 0.620. The monoisotopic (exact) mass is 322 g/mol. The molecule has 0 saturated heterocycles. The van der Waals surface area contributed by atoms with Crippen LogP contribution in [-0.4, -0.2) is 38.9 Å². The molecule has 0 aliphatic rings. The second-order valence-corrected chi connectivity index (χ2v) is 5.28. The van der Waals surface area contributed by atoms with Crippen LogP contribution in [-0.2, 0) is 27.5 Å². The molecule has 0 saturated carbocycles. The lowest BCUT2D eigenvalue weighted by Crippen LogP contribution is -2.18. The number of carboxylic acids is 1. The van der Waals surface area contributed by atoms with Crippen LogP contribution in [0.1, 0.15) is 10.7 Å². The van der Waals surface area contributed by atoms with E-state index in [1.165, 1.54) is 17.4 Å². The lowest BCUT2D eigenvalue weighted by Gasteiger charge is -2.05. The zero-order chi connectivity index (χ0) is 15.9. The maximum Gasteiger partial charge on any atom is 0.328 e. The van der Waals surface area contributed by atoms with Gasteiger partial charge in [0.1, 0.15) is 18.2 Å². The van der Waals surface area contributed by atoms with Gasteiger partial charge in [-0.25, -0.2) is 4.79 Å². The minimum Gasteiger partial charge on any atom is -0.478 e. The van der Waals surface area contributed by atoms with Gasteiger partial charge < -0.3 is 14.4 Å². The van der Waals surface area contributed by atoms with E-state index in [4.69, 9.17) is 9.84 Å². The molecule has 2 heterocycles. The predicted octanol–water partition coefficient (Wildman–Crippen LogP) is 1.22. The summed E-state index contributed by atoms with van der Waals surface area (Å²) >= 11 is 1.24. The number of carbonyl (C=O) groups is 2. The second kappa shape index (κ2) is 7.48. The Balaban J connectivity index is 1.97. The highest BCUT2D eigenvalue weighted by Crippen LogP contribution is 2.16. The highest BCUT2D eigenvalue weighted by molar-refractivity contribution is 7.15. The van der Waals surface area contributed by atoms with E-state index >= 15 is 0 Å². The summed E-state index contributed by atoms with van der Waals surface area (Å²) < 4.78 is 6.56. The molecule has 22 heavy (non-hydrogen) atoms. The van der Waals surface area contributed by atoms with Crippen LogP contribution in [0.2, 0.25) is 0 Å². The van der Waals surface area contributed by atoms with Crippen molar-refractivity contribution < 1.29 is 19.4 Å². The number of hydrogen-bond donors (Lipinski definition) is 2. The largest absolute Gasteiger partial charge is 0.478 e. The van der Waals surface area contributed by atoms with E-state index < -0.39 is 5.97 Å². The first-order chi connectivity index (χ1) is 10.6. The third-order valence-corrected chi connectivity index (χ3v) is 3.37. The number of methoxy groups -OCH3 is 1. The van der Waals surface area contributed by atoms with E-state index in [1.807, 2.05) is 0 Å². The average Bonchev–Trinajstić information content (AvgIpc) is 3.06. The Labute approximate surface area is 130 Å². The molecule has 2 aromatic rings. The molecule has 0 aromatic carbocycles. The molecule has 9 heteroatoms. The predicted molar refractivity (Wildman–Crippen MR) is 80.4 cm³/mol. The number of nitrogens with zero attached hydrogens (tertiary/aromatic N) is 3. The number of nitrogens with one attached hydrogen (secondary N) is 1. The lowest BCUT2D eigenvalue weighted by atomic mass is 10.3. The quantitative estimate of drug-likeness (QED) is 0.742.